The van der Waals surface area contributed by atoms with Crippen LogP contribution in [0.3, 0.4) is 0 Å². The number of rotatable bonds is 7. The lowest BCUT2D eigenvalue weighted by molar-refractivity contribution is -0.128. The molecule has 2 heterocycles. The highest BCUT2D eigenvalue weighted by atomic mass is 16.5. The van der Waals surface area contributed by atoms with Gasteiger partial charge in [0, 0.05) is 25.4 Å². The van der Waals surface area contributed by atoms with Crippen molar-refractivity contribution >= 4 is 17.6 Å². The summed E-state index contributed by atoms with van der Waals surface area (Å²) in [6, 6.07) is 16.5. The van der Waals surface area contributed by atoms with Crippen molar-refractivity contribution in [2.75, 3.05) is 19.0 Å². The maximum absolute atomic E-state index is 12.4. The Morgan fingerprint density at radius 3 is 2.77 bits per heavy atom. The van der Waals surface area contributed by atoms with Gasteiger partial charge in [-0.1, -0.05) is 47.6 Å². The summed E-state index contributed by atoms with van der Waals surface area (Å²) >= 11 is 0. The quantitative estimate of drug-likeness (QED) is 0.607. The molecule has 3 amide bonds. The Balaban J connectivity index is 1.30. The lowest BCUT2D eigenvalue weighted by Gasteiger charge is -2.15. The van der Waals surface area contributed by atoms with E-state index < -0.39 is 6.03 Å². The highest BCUT2D eigenvalue weighted by Gasteiger charge is 2.33. The van der Waals surface area contributed by atoms with E-state index in [0.717, 1.165) is 5.56 Å². The van der Waals surface area contributed by atoms with E-state index in [1.807, 2.05) is 36.4 Å². The van der Waals surface area contributed by atoms with E-state index in [1.165, 1.54) is 7.11 Å². The number of benzene rings is 2. The minimum absolute atomic E-state index is 0.0644. The molecule has 2 N–H and O–H groups in total. The van der Waals surface area contributed by atoms with Crippen LogP contribution in [0.1, 0.15) is 29.6 Å². The van der Waals surface area contributed by atoms with Gasteiger partial charge in [0.2, 0.25) is 11.8 Å². The Morgan fingerprint density at radius 1 is 1.19 bits per heavy atom. The van der Waals surface area contributed by atoms with Crippen LogP contribution in [0.5, 0.6) is 5.75 Å². The summed E-state index contributed by atoms with van der Waals surface area (Å²) in [5, 5.41) is 9.39. The van der Waals surface area contributed by atoms with Gasteiger partial charge in [-0.25, -0.2) is 4.79 Å². The molecule has 2 aromatic carbocycles. The smallest absolute Gasteiger partial charge is 0.319 e. The van der Waals surface area contributed by atoms with Crippen LogP contribution in [-0.4, -0.2) is 40.6 Å². The van der Waals surface area contributed by atoms with Crippen molar-refractivity contribution in [3.63, 3.8) is 0 Å². The third kappa shape index (κ3) is 5.00. The van der Waals surface area contributed by atoms with Crippen molar-refractivity contribution in [1.29, 1.82) is 0 Å². The molecule has 1 saturated heterocycles. The summed E-state index contributed by atoms with van der Waals surface area (Å²) in [6.45, 7) is 1.17. The molecule has 160 valence electrons. The molecule has 0 radical (unpaired) electrons. The Labute approximate surface area is 179 Å². The van der Waals surface area contributed by atoms with Gasteiger partial charge >= 0.3 is 6.03 Å². The molecule has 1 aromatic heterocycles. The molecule has 1 aliphatic heterocycles. The van der Waals surface area contributed by atoms with Crippen LogP contribution in [0.2, 0.25) is 0 Å². The number of anilines is 1. The Morgan fingerprint density at radius 2 is 1.97 bits per heavy atom. The summed E-state index contributed by atoms with van der Waals surface area (Å²) in [5.74, 6) is 1.25. The number of hydrogen-bond acceptors (Lipinski definition) is 6. The van der Waals surface area contributed by atoms with Gasteiger partial charge in [-0.15, -0.1) is 0 Å². The summed E-state index contributed by atoms with van der Waals surface area (Å²) in [4.78, 5) is 30.7. The average Bonchev–Trinajstić information content (AvgIpc) is 3.40. The van der Waals surface area contributed by atoms with Crippen molar-refractivity contribution in [3.05, 3.63) is 71.9 Å². The molecule has 9 nitrogen and oxygen atoms in total. The molecule has 31 heavy (non-hydrogen) atoms. The number of aromatic nitrogens is 2. The molecule has 1 atom stereocenters. The number of amides is 3. The molecule has 0 bridgehead atoms. The van der Waals surface area contributed by atoms with E-state index in [9.17, 15) is 9.59 Å². The highest BCUT2D eigenvalue weighted by molar-refractivity contribution is 5.90. The van der Waals surface area contributed by atoms with Gasteiger partial charge in [0.15, 0.2) is 5.82 Å². The van der Waals surface area contributed by atoms with Gasteiger partial charge < -0.3 is 24.8 Å². The maximum atomic E-state index is 12.4. The first-order chi connectivity index (χ1) is 15.1. The zero-order valence-corrected chi connectivity index (χ0v) is 17.1. The van der Waals surface area contributed by atoms with E-state index in [0.29, 0.717) is 36.8 Å². The number of hydrogen-bond donors (Lipinski definition) is 2. The predicted molar refractivity (Wildman–Crippen MR) is 112 cm³/mol. The van der Waals surface area contributed by atoms with Crippen molar-refractivity contribution < 1.29 is 18.8 Å². The van der Waals surface area contributed by atoms with Crippen molar-refractivity contribution in [3.8, 4) is 5.75 Å². The highest BCUT2D eigenvalue weighted by Crippen LogP contribution is 2.27. The maximum Gasteiger partial charge on any atom is 0.319 e. The number of ether oxygens (including phenoxy) is 1. The fraction of sp³-hybridized carbons (Fsp3) is 0.273. The SMILES string of the molecule is COc1ccccc1NC(=O)NCc1nc([C@H]2CC(=O)N(Cc3ccccc3)C2)no1. The molecule has 9 heteroatoms. The third-order valence-corrected chi connectivity index (χ3v) is 5.04. The molecule has 1 fully saturated rings. The molecule has 0 saturated carbocycles. The van der Waals surface area contributed by atoms with Gasteiger partial charge in [0.25, 0.3) is 0 Å². The number of carbonyl (C=O) groups is 2. The van der Waals surface area contributed by atoms with Crippen LogP contribution >= 0.6 is 0 Å². The molecule has 0 spiro atoms. The Kier molecular flexibility index (Phi) is 6.11. The topological polar surface area (TPSA) is 110 Å². The van der Waals surface area contributed by atoms with Gasteiger partial charge in [-0.3, -0.25) is 4.79 Å². The van der Waals surface area contributed by atoms with Crippen molar-refractivity contribution in [1.82, 2.24) is 20.4 Å². The van der Waals surface area contributed by atoms with E-state index in [-0.39, 0.29) is 24.3 Å². The van der Waals surface area contributed by atoms with Crippen LogP contribution in [-0.2, 0) is 17.9 Å². The zero-order valence-electron chi connectivity index (χ0n) is 17.1. The molecule has 3 aromatic rings. The number of urea groups is 1. The van der Waals surface area contributed by atoms with Crippen LogP contribution in [0.25, 0.3) is 0 Å². The molecule has 0 aliphatic carbocycles. The number of carbonyl (C=O) groups excluding carboxylic acids is 2. The minimum Gasteiger partial charge on any atom is -0.495 e. The Hall–Kier alpha value is -3.88. The standard InChI is InChI=1S/C22H23N5O4/c1-30-18-10-6-5-9-17(18)24-22(29)23-12-19-25-21(26-31-19)16-11-20(28)27(14-16)13-15-7-3-2-4-8-15/h2-10,16H,11-14H2,1H3,(H2,23,24,29)/t16-/m0/s1. The second-order valence-electron chi connectivity index (χ2n) is 7.22. The first kappa shape index (κ1) is 20.4. The summed E-state index contributed by atoms with van der Waals surface area (Å²) in [5.41, 5.74) is 1.63. The van der Waals surface area contributed by atoms with E-state index in [2.05, 4.69) is 20.8 Å². The monoisotopic (exact) mass is 421 g/mol. The van der Waals surface area contributed by atoms with Gasteiger partial charge in [0.05, 0.1) is 19.3 Å². The number of nitrogens with one attached hydrogen (secondary N) is 2. The number of nitrogens with zero attached hydrogens (tertiary/aromatic N) is 3. The van der Waals surface area contributed by atoms with Gasteiger partial charge in [0.1, 0.15) is 5.75 Å². The number of para-hydroxylation sites is 2. The van der Waals surface area contributed by atoms with Crippen molar-refractivity contribution in [2.45, 2.75) is 25.4 Å². The summed E-state index contributed by atoms with van der Waals surface area (Å²) < 4.78 is 10.5. The van der Waals surface area contributed by atoms with Crippen LogP contribution in [0.15, 0.2) is 59.1 Å². The lowest BCUT2D eigenvalue weighted by atomic mass is 10.1. The summed E-state index contributed by atoms with van der Waals surface area (Å²) in [7, 11) is 1.53. The fourth-order valence-electron chi connectivity index (χ4n) is 3.48. The second-order valence-corrected chi connectivity index (χ2v) is 7.22. The van der Waals surface area contributed by atoms with E-state index >= 15 is 0 Å². The predicted octanol–water partition coefficient (Wildman–Crippen LogP) is 2.92. The molecule has 1 aliphatic rings. The first-order valence-electron chi connectivity index (χ1n) is 9.94. The number of methoxy groups -OCH3 is 1. The van der Waals surface area contributed by atoms with Crippen LogP contribution in [0, 0.1) is 0 Å². The van der Waals surface area contributed by atoms with Crippen LogP contribution in [0.4, 0.5) is 10.5 Å². The summed E-state index contributed by atoms with van der Waals surface area (Å²) in [6.07, 6.45) is 0.341. The fourth-order valence-corrected chi connectivity index (χ4v) is 3.48. The van der Waals surface area contributed by atoms with Crippen molar-refractivity contribution in [2.24, 2.45) is 0 Å². The largest absolute Gasteiger partial charge is 0.495 e. The zero-order chi connectivity index (χ0) is 21.6. The second kappa shape index (κ2) is 9.29. The van der Waals surface area contributed by atoms with E-state index in [1.54, 1.807) is 23.1 Å². The molecule has 0 unspecified atom stereocenters. The average molecular weight is 421 g/mol. The van der Waals surface area contributed by atoms with Crippen LogP contribution < -0.4 is 15.4 Å². The molecular formula is C22H23N5O4. The molecule has 4 rings (SSSR count). The van der Waals surface area contributed by atoms with Gasteiger partial charge in [-0.2, -0.15) is 4.98 Å². The normalized spacial score (nSPS) is 15.7. The molecular weight excluding hydrogens is 398 g/mol. The third-order valence-electron chi connectivity index (χ3n) is 5.04. The first-order valence-corrected chi connectivity index (χ1v) is 9.94. The minimum atomic E-state index is -0.422. The number of likely N-dealkylation sites (tertiary alicyclic amines) is 1. The lowest BCUT2D eigenvalue weighted by Crippen LogP contribution is -2.28. The van der Waals surface area contributed by atoms with Gasteiger partial charge in [-0.05, 0) is 17.7 Å². The van der Waals surface area contributed by atoms with E-state index in [4.69, 9.17) is 9.26 Å². The Bertz CT molecular complexity index is 1050.